The van der Waals surface area contributed by atoms with Gasteiger partial charge in [0, 0.05) is 47.9 Å². The summed E-state index contributed by atoms with van der Waals surface area (Å²) in [7, 11) is 0. The molecule has 0 saturated heterocycles. The second-order valence-electron chi connectivity index (χ2n) is 14.1. The van der Waals surface area contributed by atoms with Crippen LogP contribution in [0.5, 0.6) is 0 Å². The minimum Gasteiger partial charge on any atom is -0.456 e. The van der Waals surface area contributed by atoms with Crippen molar-refractivity contribution in [2.45, 2.75) is 0 Å². The molecule has 0 saturated carbocycles. The molecule has 0 N–H and O–H groups in total. The molecule has 2 aromatic heterocycles. The summed E-state index contributed by atoms with van der Waals surface area (Å²) < 4.78 is 8.89. The molecule has 0 amide bonds. The first-order valence-corrected chi connectivity index (χ1v) is 19.5. The van der Waals surface area contributed by atoms with Gasteiger partial charge in [-0.3, -0.25) is 0 Å². The number of hydrogen-bond donors (Lipinski definition) is 0. The Kier molecular flexibility index (Phi) is 7.39. The second-order valence-corrected chi connectivity index (χ2v) is 15.2. The minimum atomic E-state index is 0.902. The van der Waals surface area contributed by atoms with Gasteiger partial charge >= 0.3 is 0 Å². The first-order valence-electron chi connectivity index (χ1n) is 18.7. The number of hydrogen-bond acceptors (Lipinski definition) is 3. The highest BCUT2D eigenvalue weighted by Gasteiger charge is 2.19. The summed E-state index contributed by atoms with van der Waals surface area (Å²) in [6, 6.07) is 72.4. The molecule has 0 aliphatic heterocycles. The maximum Gasteiger partial charge on any atom is 0.136 e. The molecule has 55 heavy (non-hydrogen) atoms. The summed E-state index contributed by atoms with van der Waals surface area (Å²) in [6.45, 7) is 0. The summed E-state index contributed by atoms with van der Waals surface area (Å²) in [5.41, 5.74) is 12.1. The van der Waals surface area contributed by atoms with Crippen LogP contribution in [0.15, 0.2) is 205 Å². The molecule has 2 heterocycles. The molecule has 3 heteroatoms. The summed E-state index contributed by atoms with van der Waals surface area (Å²) in [4.78, 5) is 2.41. The Morgan fingerprint density at radius 1 is 0.364 bits per heavy atom. The highest BCUT2D eigenvalue weighted by atomic mass is 32.1. The van der Waals surface area contributed by atoms with Gasteiger partial charge in [0.25, 0.3) is 0 Å². The highest BCUT2D eigenvalue weighted by Crippen LogP contribution is 2.44. The Morgan fingerprint density at radius 2 is 1.04 bits per heavy atom. The van der Waals surface area contributed by atoms with Crippen molar-refractivity contribution in [2.75, 3.05) is 4.90 Å². The van der Waals surface area contributed by atoms with Crippen LogP contribution in [0.4, 0.5) is 17.1 Å². The maximum absolute atomic E-state index is 6.25. The van der Waals surface area contributed by atoms with Crippen molar-refractivity contribution in [3.63, 3.8) is 0 Å². The van der Waals surface area contributed by atoms with E-state index in [0.717, 1.165) is 50.1 Å². The number of anilines is 3. The SMILES string of the molecule is c1cc(-c2ccc3sc4ccccc4c3c2)cc(N(c2ccc(-c3cccc4oc5ccccc5c34)cc2)c2ccccc2-c2ccc3ccccc3c2)c1. The first kappa shape index (κ1) is 31.6. The van der Waals surface area contributed by atoms with E-state index in [9.17, 15) is 0 Å². The number of para-hydroxylation sites is 2. The zero-order chi connectivity index (χ0) is 36.3. The fourth-order valence-electron chi connectivity index (χ4n) is 8.23. The van der Waals surface area contributed by atoms with Gasteiger partial charge in [-0.2, -0.15) is 0 Å². The van der Waals surface area contributed by atoms with E-state index >= 15 is 0 Å². The molecule has 9 aromatic carbocycles. The molecule has 0 bridgehead atoms. The van der Waals surface area contributed by atoms with E-state index in [1.165, 1.54) is 53.2 Å². The van der Waals surface area contributed by atoms with Crippen molar-refractivity contribution >= 4 is 81.3 Å². The normalized spacial score (nSPS) is 11.6. The topological polar surface area (TPSA) is 16.4 Å². The standard InChI is InChI=1S/C52H33NOS/c1-2-12-36-31-39(24-23-34(36)11-1)42-15-3-6-19-47(42)53(40-28-25-35(26-29-40)43-18-10-21-49-52(43)45-17-4-7-20-48(45)54-49)41-14-9-13-37(32-41)38-27-30-51-46(33-38)44-16-5-8-22-50(44)55-51/h1-33H. The predicted molar refractivity (Wildman–Crippen MR) is 235 cm³/mol. The van der Waals surface area contributed by atoms with Crippen molar-refractivity contribution in [3.8, 4) is 33.4 Å². The lowest BCUT2D eigenvalue weighted by molar-refractivity contribution is 0.669. The number of nitrogens with zero attached hydrogens (tertiary/aromatic N) is 1. The van der Waals surface area contributed by atoms with Gasteiger partial charge in [0.1, 0.15) is 11.2 Å². The summed E-state index contributed by atoms with van der Waals surface area (Å²) in [5.74, 6) is 0. The zero-order valence-electron chi connectivity index (χ0n) is 29.8. The van der Waals surface area contributed by atoms with Gasteiger partial charge in [-0.05, 0) is 105 Å². The van der Waals surface area contributed by atoms with Crippen LogP contribution >= 0.6 is 11.3 Å². The maximum atomic E-state index is 6.25. The molecule has 0 unspecified atom stereocenters. The van der Waals surface area contributed by atoms with Gasteiger partial charge in [0.05, 0.1) is 5.69 Å². The molecule has 11 rings (SSSR count). The number of benzene rings is 9. The quantitative estimate of drug-likeness (QED) is 0.170. The van der Waals surface area contributed by atoms with Crippen LogP contribution in [-0.4, -0.2) is 0 Å². The zero-order valence-corrected chi connectivity index (χ0v) is 30.6. The first-order chi connectivity index (χ1) is 27.2. The van der Waals surface area contributed by atoms with Crippen LogP contribution in [0.3, 0.4) is 0 Å². The van der Waals surface area contributed by atoms with Crippen molar-refractivity contribution < 1.29 is 4.42 Å². The van der Waals surface area contributed by atoms with Crippen molar-refractivity contribution in [3.05, 3.63) is 200 Å². The fourth-order valence-corrected chi connectivity index (χ4v) is 9.32. The number of thiophene rings is 1. The van der Waals surface area contributed by atoms with Crippen LogP contribution in [0.1, 0.15) is 0 Å². The third-order valence-electron chi connectivity index (χ3n) is 10.9. The highest BCUT2D eigenvalue weighted by molar-refractivity contribution is 7.25. The summed E-state index contributed by atoms with van der Waals surface area (Å²) in [5, 5.41) is 7.36. The molecule has 0 aliphatic carbocycles. The van der Waals surface area contributed by atoms with Crippen LogP contribution < -0.4 is 4.90 Å². The van der Waals surface area contributed by atoms with E-state index in [2.05, 4.69) is 193 Å². The van der Waals surface area contributed by atoms with E-state index < -0.39 is 0 Å². The van der Waals surface area contributed by atoms with Crippen LogP contribution in [0.25, 0.3) is 86.3 Å². The van der Waals surface area contributed by atoms with Crippen LogP contribution in [0, 0.1) is 0 Å². The van der Waals surface area contributed by atoms with E-state index in [1.54, 1.807) is 0 Å². The molecule has 0 spiro atoms. The number of fused-ring (bicyclic) bond motifs is 7. The largest absolute Gasteiger partial charge is 0.456 e. The molecule has 0 aliphatic rings. The third kappa shape index (κ3) is 5.40. The second kappa shape index (κ2) is 12.9. The summed E-state index contributed by atoms with van der Waals surface area (Å²) in [6.07, 6.45) is 0. The molecule has 0 fully saturated rings. The van der Waals surface area contributed by atoms with Gasteiger partial charge in [0.15, 0.2) is 0 Å². The minimum absolute atomic E-state index is 0.902. The monoisotopic (exact) mass is 719 g/mol. The Hall–Kier alpha value is -6.94. The molecule has 258 valence electrons. The Morgan fingerprint density at radius 3 is 1.96 bits per heavy atom. The lowest BCUT2D eigenvalue weighted by atomic mass is 9.97. The van der Waals surface area contributed by atoms with Crippen molar-refractivity contribution in [1.82, 2.24) is 0 Å². The molecule has 0 radical (unpaired) electrons. The number of furan rings is 1. The van der Waals surface area contributed by atoms with E-state index in [1.807, 2.05) is 23.5 Å². The van der Waals surface area contributed by atoms with Gasteiger partial charge in [-0.25, -0.2) is 0 Å². The van der Waals surface area contributed by atoms with Gasteiger partial charge in [-0.15, -0.1) is 11.3 Å². The van der Waals surface area contributed by atoms with E-state index in [-0.39, 0.29) is 0 Å². The van der Waals surface area contributed by atoms with Gasteiger partial charge in [0.2, 0.25) is 0 Å². The molecular formula is C52H33NOS. The van der Waals surface area contributed by atoms with Gasteiger partial charge < -0.3 is 9.32 Å². The lowest BCUT2D eigenvalue weighted by Crippen LogP contribution is -2.11. The average Bonchev–Trinajstić information content (AvgIpc) is 3.82. The molecule has 11 aromatic rings. The van der Waals surface area contributed by atoms with Crippen LogP contribution in [0.2, 0.25) is 0 Å². The third-order valence-corrected chi connectivity index (χ3v) is 12.0. The van der Waals surface area contributed by atoms with Gasteiger partial charge in [-0.1, -0.05) is 133 Å². The Balaban J connectivity index is 1.07. The number of rotatable bonds is 6. The Labute approximate surface area is 322 Å². The Bertz CT molecular complexity index is 3220. The molecular weight excluding hydrogens is 687 g/mol. The smallest absolute Gasteiger partial charge is 0.136 e. The van der Waals surface area contributed by atoms with Crippen molar-refractivity contribution in [2.24, 2.45) is 0 Å². The molecule has 0 atom stereocenters. The predicted octanol–water partition coefficient (Wildman–Crippen LogP) is 15.6. The van der Waals surface area contributed by atoms with Crippen molar-refractivity contribution in [1.29, 1.82) is 0 Å². The van der Waals surface area contributed by atoms with E-state index in [4.69, 9.17) is 4.42 Å². The molecule has 2 nitrogen and oxygen atoms in total. The summed E-state index contributed by atoms with van der Waals surface area (Å²) >= 11 is 1.86. The van der Waals surface area contributed by atoms with Crippen LogP contribution in [-0.2, 0) is 0 Å². The van der Waals surface area contributed by atoms with E-state index in [0.29, 0.717) is 0 Å². The fraction of sp³-hybridized carbons (Fsp3) is 0. The average molecular weight is 720 g/mol. The lowest BCUT2D eigenvalue weighted by Gasteiger charge is -2.28.